The molecule has 2 bridgehead atoms. The van der Waals surface area contributed by atoms with Gasteiger partial charge in [0.05, 0.1) is 23.2 Å². The lowest BCUT2D eigenvalue weighted by molar-refractivity contribution is -0.384. The van der Waals surface area contributed by atoms with E-state index >= 15 is 0 Å². The van der Waals surface area contributed by atoms with Gasteiger partial charge < -0.3 is 15.4 Å². The highest BCUT2D eigenvalue weighted by Gasteiger charge is 2.41. The molecule has 0 saturated carbocycles. The molecule has 7 heteroatoms. The zero-order chi connectivity index (χ0) is 15.5. The second-order valence-corrected chi connectivity index (χ2v) is 5.71. The van der Waals surface area contributed by atoms with Gasteiger partial charge in [-0.3, -0.25) is 15.1 Å². The average molecular weight is 304 g/mol. The summed E-state index contributed by atoms with van der Waals surface area (Å²) in [5.74, 6) is 0.736. The number of nitro benzene ring substituents is 1. The zero-order valence-corrected chi connectivity index (χ0v) is 12.5. The van der Waals surface area contributed by atoms with Crippen LogP contribution in [0.4, 0.5) is 5.69 Å². The lowest BCUT2D eigenvalue weighted by Crippen LogP contribution is -2.47. The van der Waals surface area contributed by atoms with E-state index in [1.165, 1.54) is 12.1 Å². The van der Waals surface area contributed by atoms with Gasteiger partial charge in [-0.25, -0.2) is 0 Å². The van der Waals surface area contributed by atoms with Crippen LogP contribution in [0.25, 0.3) is 0 Å². The molecule has 0 aliphatic carbocycles. The molecule has 3 unspecified atom stereocenters. The summed E-state index contributed by atoms with van der Waals surface area (Å²) in [6.07, 6.45) is 4.00. The maximum atomic E-state index is 10.6. The van der Waals surface area contributed by atoms with Gasteiger partial charge in [-0.05, 0) is 24.8 Å². The second-order valence-electron chi connectivity index (χ2n) is 5.71. The fourth-order valence-corrected chi connectivity index (χ4v) is 3.08. The molecular formula is C15H20N4O3. The molecule has 0 aromatic heterocycles. The van der Waals surface area contributed by atoms with Gasteiger partial charge in [0.1, 0.15) is 0 Å². The summed E-state index contributed by atoms with van der Waals surface area (Å²) in [7, 11) is 1.74. The van der Waals surface area contributed by atoms with E-state index in [1.54, 1.807) is 19.2 Å². The molecule has 0 spiro atoms. The number of fused-ring (bicyclic) bond motifs is 2. The second kappa shape index (κ2) is 6.31. The van der Waals surface area contributed by atoms with E-state index in [4.69, 9.17) is 4.74 Å². The Morgan fingerprint density at radius 1 is 1.41 bits per heavy atom. The number of rotatable bonds is 4. The summed E-state index contributed by atoms with van der Waals surface area (Å²) >= 11 is 0. The minimum Gasteiger partial charge on any atom is -0.373 e. The summed E-state index contributed by atoms with van der Waals surface area (Å²) < 4.78 is 5.82. The quantitative estimate of drug-likeness (QED) is 0.381. The third-order valence-corrected chi connectivity index (χ3v) is 4.26. The molecule has 118 valence electrons. The van der Waals surface area contributed by atoms with Crippen molar-refractivity contribution >= 4 is 11.6 Å². The Morgan fingerprint density at radius 3 is 2.73 bits per heavy atom. The molecule has 0 amide bonds. The minimum absolute atomic E-state index is 0.102. The van der Waals surface area contributed by atoms with Gasteiger partial charge in [-0.15, -0.1) is 0 Å². The van der Waals surface area contributed by atoms with Gasteiger partial charge in [0.2, 0.25) is 0 Å². The predicted octanol–water partition coefficient (Wildman–Crippen LogP) is 1.58. The van der Waals surface area contributed by atoms with Crippen molar-refractivity contribution in [1.82, 2.24) is 10.6 Å². The van der Waals surface area contributed by atoms with Crippen LogP contribution in [0, 0.1) is 10.1 Å². The molecular weight excluding hydrogens is 284 g/mol. The van der Waals surface area contributed by atoms with Crippen LogP contribution in [0.15, 0.2) is 29.3 Å². The van der Waals surface area contributed by atoms with Crippen LogP contribution in [-0.2, 0) is 11.3 Å². The van der Waals surface area contributed by atoms with Gasteiger partial charge in [0, 0.05) is 25.7 Å². The van der Waals surface area contributed by atoms with Crippen LogP contribution >= 0.6 is 0 Å². The van der Waals surface area contributed by atoms with Crippen molar-refractivity contribution in [3.63, 3.8) is 0 Å². The van der Waals surface area contributed by atoms with E-state index in [9.17, 15) is 10.1 Å². The maximum absolute atomic E-state index is 10.6. The number of guanidine groups is 1. The fourth-order valence-electron chi connectivity index (χ4n) is 3.08. The fraction of sp³-hybridized carbons (Fsp3) is 0.533. The molecule has 1 aromatic carbocycles. The van der Waals surface area contributed by atoms with E-state index in [1.807, 2.05) is 0 Å². The third-order valence-electron chi connectivity index (χ3n) is 4.26. The van der Waals surface area contributed by atoms with Gasteiger partial charge in [-0.1, -0.05) is 12.1 Å². The van der Waals surface area contributed by atoms with E-state index < -0.39 is 4.92 Å². The third kappa shape index (κ3) is 3.19. The van der Waals surface area contributed by atoms with Crippen molar-refractivity contribution in [2.45, 2.75) is 44.1 Å². The van der Waals surface area contributed by atoms with Gasteiger partial charge in [0.15, 0.2) is 5.96 Å². The lowest BCUT2D eigenvalue weighted by atomic mass is 9.96. The number of aliphatic imine (C=N–C) groups is 1. The van der Waals surface area contributed by atoms with Gasteiger partial charge in [-0.2, -0.15) is 0 Å². The first-order valence-electron chi connectivity index (χ1n) is 7.51. The molecule has 2 saturated heterocycles. The summed E-state index contributed by atoms with van der Waals surface area (Å²) in [6, 6.07) is 6.84. The van der Waals surface area contributed by atoms with Gasteiger partial charge in [0.25, 0.3) is 5.69 Å². The summed E-state index contributed by atoms with van der Waals surface area (Å²) in [6.45, 7) is 0.569. The zero-order valence-electron chi connectivity index (χ0n) is 12.5. The van der Waals surface area contributed by atoms with E-state index in [2.05, 4.69) is 15.6 Å². The van der Waals surface area contributed by atoms with Gasteiger partial charge >= 0.3 is 0 Å². The molecule has 3 rings (SSSR count). The number of nitro groups is 1. The number of benzene rings is 1. The normalized spacial score (nSPS) is 27.0. The molecule has 0 radical (unpaired) electrons. The summed E-state index contributed by atoms with van der Waals surface area (Å²) in [5, 5.41) is 17.3. The van der Waals surface area contributed by atoms with Crippen LogP contribution in [0.5, 0.6) is 0 Å². The smallest absolute Gasteiger partial charge is 0.269 e. The first-order valence-corrected chi connectivity index (χ1v) is 7.51. The summed E-state index contributed by atoms with van der Waals surface area (Å²) in [4.78, 5) is 14.5. The van der Waals surface area contributed by atoms with Crippen LogP contribution < -0.4 is 10.6 Å². The largest absolute Gasteiger partial charge is 0.373 e. The Morgan fingerprint density at radius 2 is 2.18 bits per heavy atom. The van der Waals surface area contributed by atoms with Crippen molar-refractivity contribution in [3.05, 3.63) is 39.9 Å². The molecule has 2 fully saturated rings. The van der Waals surface area contributed by atoms with Crippen molar-refractivity contribution in [2.24, 2.45) is 4.99 Å². The molecule has 2 N–H and O–H groups in total. The molecule has 1 aromatic rings. The van der Waals surface area contributed by atoms with Crippen LogP contribution in [0.1, 0.15) is 24.8 Å². The molecule has 22 heavy (non-hydrogen) atoms. The van der Waals surface area contributed by atoms with Crippen LogP contribution in [0.3, 0.4) is 0 Å². The summed E-state index contributed by atoms with van der Waals surface area (Å²) in [5.41, 5.74) is 1.07. The Labute approximate surface area is 128 Å². The first kappa shape index (κ1) is 14.8. The average Bonchev–Trinajstić information content (AvgIpc) is 3.14. The van der Waals surface area contributed by atoms with E-state index in [0.29, 0.717) is 24.8 Å². The number of nitrogens with zero attached hydrogens (tertiary/aromatic N) is 2. The van der Waals surface area contributed by atoms with Crippen LogP contribution in [0.2, 0.25) is 0 Å². The first-order chi connectivity index (χ1) is 10.7. The highest BCUT2D eigenvalue weighted by Crippen LogP contribution is 2.34. The topological polar surface area (TPSA) is 88.8 Å². The SMILES string of the molecule is CN=C(NCc1ccc([N+](=O)[O-])cc1)NC1CC2CCC1O2. The molecule has 7 nitrogen and oxygen atoms in total. The maximum Gasteiger partial charge on any atom is 0.269 e. The number of hydrogen-bond donors (Lipinski definition) is 2. The minimum atomic E-state index is -0.396. The van der Waals surface area contributed by atoms with E-state index in [0.717, 1.165) is 30.8 Å². The number of ether oxygens (including phenoxy) is 1. The molecule has 2 aliphatic heterocycles. The Bertz CT molecular complexity index is 573. The lowest BCUT2D eigenvalue weighted by Gasteiger charge is -2.22. The highest BCUT2D eigenvalue weighted by molar-refractivity contribution is 5.80. The number of hydrogen-bond acceptors (Lipinski definition) is 4. The van der Waals surface area contributed by atoms with Crippen molar-refractivity contribution in [3.8, 4) is 0 Å². The Balaban J connectivity index is 1.52. The Kier molecular flexibility index (Phi) is 4.24. The molecule has 2 heterocycles. The monoisotopic (exact) mass is 304 g/mol. The van der Waals surface area contributed by atoms with Crippen molar-refractivity contribution < 1.29 is 9.66 Å². The number of nitrogens with one attached hydrogen (secondary N) is 2. The van der Waals surface area contributed by atoms with Crippen molar-refractivity contribution in [2.75, 3.05) is 7.05 Å². The Hall–Kier alpha value is -2.15. The van der Waals surface area contributed by atoms with Crippen LogP contribution in [-0.4, -0.2) is 36.2 Å². The molecule has 2 aliphatic rings. The standard InChI is InChI=1S/C15H20N4O3/c1-16-15(18-13-8-12-6-7-14(13)22-12)17-9-10-2-4-11(5-3-10)19(20)21/h2-5,12-14H,6-9H2,1H3,(H2,16,17,18). The molecule has 3 atom stereocenters. The highest BCUT2D eigenvalue weighted by atomic mass is 16.6. The number of non-ortho nitro benzene ring substituents is 1. The predicted molar refractivity (Wildman–Crippen MR) is 82.7 cm³/mol. The van der Waals surface area contributed by atoms with Crippen molar-refractivity contribution in [1.29, 1.82) is 0 Å². The van der Waals surface area contributed by atoms with E-state index in [-0.39, 0.29) is 5.69 Å².